The predicted octanol–water partition coefficient (Wildman–Crippen LogP) is 3.78. The summed E-state index contributed by atoms with van der Waals surface area (Å²) in [5.74, 6) is 0.584. The third-order valence-electron chi connectivity index (χ3n) is 2.10. The van der Waals surface area contributed by atoms with Gasteiger partial charge in [0.2, 0.25) is 0 Å². The topological polar surface area (TPSA) is 26.3 Å². The Bertz CT molecular complexity index is 371. The molecule has 0 aliphatic rings. The summed E-state index contributed by atoms with van der Waals surface area (Å²) < 4.78 is 5.02. The first-order chi connectivity index (χ1) is 8.27. The first-order valence-electron chi connectivity index (χ1n) is 5.82. The second-order valence-electron chi connectivity index (χ2n) is 3.47. The van der Waals surface area contributed by atoms with Gasteiger partial charge in [-0.2, -0.15) is 0 Å². The van der Waals surface area contributed by atoms with Gasteiger partial charge in [0, 0.05) is 5.75 Å². The number of allylic oxidation sites excluding steroid dienone is 1. The van der Waals surface area contributed by atoms with Crippen LogP contribution >= 0.6 is 11.8 Å². The number of carbonyl (C=O) groups excluding carboxylic acids is 1. The van der Waals surface area contributed by atoms with Gasteiger partial charge >= 0.3 is 5.97 Å². The molecule has 0 fully saturated rings. The van der Waals surface area contributed by atoms with Crippen LogP contribution in [-0.4, -0.2) is 12.6 Å². The van der Waals surface area contributed by atoms with Crippen molar-refractivity contribution in [2.24, 2.45) is 0 Å². The molecular weight excluding hydrogens is 232 g/mol. The predicted molar refractivity (Wildman–Crippen MR) is 72.7 cm³/mol. The standard InChI is InChI=1S/C14H18O2S/c1-3-8-13(14(15)16-4-2)17-11-12-9-6-5-7-10-12/h5-10H,3-4,11H2,1-2H3/b13-8-. The fourth-order valence-electron chi connectivity index (χ4n) is 1.32. The second kappa shape index (κ2) is 7.96. The van der Waals surface area contributed by atoms with Gasteiger partial charge in [-0.1, -0.05) is 43.3 Å². The van der Waals surface area contributed by atoms with Gasteiger partial charge in [-0.25, -0.2) is 4.79 Å². The first-order valence-corrected chi connectivity index (χ1v) is 6.80. The molecule has 2 nitrogen and oxygen atoms in total. The van der Waals surface area contributed by atoms with Gasteiger partial charge in [-0.05, 0) is 18.9 Å². The number of ether oxygens (including phenoxy) is 1. The van der Waals surface area contributed by atoms with E-state index in [1.807, 2.05) is 38.1 Å². The Morgan fingerprint density at radius 1 is 1.29 bits per heavy atom. The third kappa shape index (κ3) is 5.09. The highest BCUT2D eigenvalue weighted by atomic mass is 32.2. The minimum Gasteiger partial charge on any atom is -0.462 e. The van der Waals surface area contributed by atoms with Crippen molar-refractivity contribution in [3.8, 4) is 0 Å². The smallest absolute Gasteiger partial charge is 0.344 e. The zero-order valence-corrected chi connectivity index (χ0v) is 11.1. The van der Waals surface area contributed by atoms with E-state index >= 15 is 0 Å². The summed E-state index contributed by atoms with van der Waals surface area (Å²) >= 11 is 1.53. The van der Waals surface area contributed by atoms with Crippen LogP contribution in [0.3, 0.4) is 0 Å². The molecule has 0 heterocycles. The highest BCUT2D eigenvalue weighted by molar-refractivity contribution is 8.03. The van der Waals surface area contributed by atoms with Crippen molar-refractivity contribution in [3.63, 3.8) is 0 Å². The van der Waals surface area contributed by atoms with Crippen LogP contribution < -0.4 is 0 Å². The molecule has 0 radical (unpaired) electrons. The normalized spacial score (nSPS) is 11.3. The molecule has 1 aromatic rings. The Morgan fingerprint density at radius 3 is 2.59 bits per heavy atom. The minimum atomic E-state index is -0.213. The lowest BCUT2D eigenvalue weighted by Crippen LogP contribution is -2.05. The maximum Gasteiger partial charge on any atom is 0.344 e. The summed E-state index contributed by atoms with van der Waals surface area (Å²) in [6.45, 7) is 4.26. The molecule has 0 bridgehead atoms. The average Bonchev–Trinajstić information content (AvgIpc) is 2.36. The molecule has 0 spiro atoms. The van der Waals surface area contributed by atoms with Crippen LogP contribution in [0, 0.1) is 0 Å². The van der Waals surface area contributed by atoms with Crippen LogP contribution in [0.2, 0.25) is 0 Å². The molecular formula is C14H18O2S. The van der Waals surface area contributed by atoms with Gasteiger partial charge in [-0.15, -0.1) is 11.8 Å². The molecule has 0 aliphatic heterocycles. The number of esters is 1. The molecule has 1 aromatic carbocycles. The molecule has 0 atom stereocenters. The zero-order valence-electron chi connectivity index (χ0n) is 10.3. The van der Waals surface area contributed by atoms with Crippen LogP contribution in [0.4, 0.5) is 0 Å². The molecule has 0 saturated carbocycles. The number of rotatable bonds is 6. The molecule has 0 saturated heterocycles. The lowest BCUT2D eigenvalue weighted by atomic mass is 10.2. The minimum absolute atomic E-state index is 0.213. The van der Waals surface area contributed by atoms with Crippen molar-refractivity contribution in [1.29, 1.82) is 0 Å². The number of benzene rings is 1. The van der Waals surface area contributed by atoms with Gasteiger partial charge in [0.15, 0.2) is 0 Å². The SMILES string of the molecule is CC/C=C(\SCc1ccccc1)C(=O)OCC. The van der Waals surface area contributed by atoms with Gasteiger partial charge in [0.05, 0.1) is 11.5 Å². The van der Waals surface area contributed by atoms with Crippen LogP contribution in [0.15, 0.2) is 41.3 Å². The second-order valence-corrected chi connectivity index (χ2v) is 4.49. The summed E-state index contributed by atoms with van der Waals surface area (Å²) in [6.07, 6.45) is 2.77. The zero-order chi connectivity index (χ0) is 12.5. The summed E-state index contributed by atoms with van der Waals surface area (Å²) in [5.41, 5.74) is 1.21. The maximum absolute atomic E-state index is 11.6. The summed E-state index contributed by atoms with van der Waals surface area (Å²) in [7, 11) is 0. The fourth-order valence-corrected chi connectivity index (χ4v) is 2.30. The molecule has 0 unspecified atom stereocenters. The fraction of sp³-hybridized carbons (Fsp3) is 0.357. The van der Waals surface area contributed by atoms with Crippen molar-refractivity contribution < 1.29 is 9.53 Å². The lowest BCUT2D eigenvalue weighted by molar-refractivity contribution is -0.137. The third-order valence-corrected chi connectivity index (χ3v) is 3.23. The van der Waals surface area contributed by atoms with E-state index < -0.39 is 0 Å². The summed E-state index contributed by atoms with van der Waals surface area (Å²) in [6, 6.07) is 10.1. The molecule has 0 aromatic heterocycles. The quantitative estimate of drug-likeness (QED) is 0.568. The van der Waals surface area contributed by atoms with E-state index in [9.17, 15) is 4.79 Å². The first kappa shape index (κ1) is 13.8. The van der Waals surface area contributed by atoms with E-state index in [-0.39, 0.29) is 5.97 Å². The van der Waals surface area contributed by atoms with E-state index in [4.69, 9.17) is 4.74 Å². The average molecular weight is 250 g/mol. The molecule has 0 N–H and O–H groups in total. The highest BCUT2D eigenvalue weighted by Gasteiger charge is 2.10. The largest absolute Gasteiger partial charge is 0.462 e. The van der Waals surface area contributed by atoms with Crippen LogP contribution in [-0.2, 0) is 15.3 Å². The van der Waals surface area contributed by atoms with Crippen LogP contribution in [0.5, 0.6) is 0 Å². The Balaban J connectivity index is 2.57. The molecule has 92 valence electrons. The van der Waals surface area contributed by atoms with Crippen molar-refractivity contribution in [3.05, 3.63) is 46.9 Å². The van der Waals surface area contributed by atoms with Gasteiger partial charge in [0.1, 0.15) is 0 Å². The molecule has 0 amide bonds. The van der Waals surface area contributed by atoms with E-state index in [2.05, 4.69) is 12.1 Å². The number of hydrogen-bond acceptors (Lipinski definition) is 3. The van der Waals surface area contributed by atoms with Gasteiger partial charge < -0.3 is 4.74 Å². The summed E-state index contributed by atoms with van der Waals surface area (Å²) in [5, 5.41) is 0. The van der Waals surface area contributed by atoms with Crippen LogP contribution in [0.1, 0.15) is 25.8 Å². The number of thioether (sulfide) groups is 1. The Hall–Kier alpha value is -1.22. The van der Waals surface area contributed by atoms with Crippen molar-refractivity contribution >= 4 is 17.7 Å². The molecule has 17 heavy (non-hydrogen) atoms. The van der Waals surface area contributed by atoms with Crippen molar-refractivity contribution in [1.82, 2.24) is 0 Å². The Morgan fingerprint density at radius 2 is 2.00 bits per heavy atom. The van der Waals surface area contributed by atoms with Gasteiger partial charge in [0.25, 0.3) is 0 Å². The van der Waals surface area contributed by atoms with E-state index in [1.54, 1.807) is 0 Å². The monoisotopic (exact) mass is 250 g/mol. The van der Waals surface area contributed by atoms with E-state index in [0.29, 0.717) is 11.5 Å². The number of carbonyl (C=O) groups is 1. The van der Waals surface area contributed by atoms with Crippen molar-refractivity contribution in [2.75, 3.05) is 6.61 Å². The van der Waals surface area contributed by atoms with Crippen molar-refractivity contribution in [2.45, 2.75) is 26.0 Å². The van der Waals surface area contributed by atoms with E-state index in [1.165, 1.54) is 17.3 Å². The maximum atomic E-state index is 11.6. The highest BCUT2D eigenvalue weighted by Crippen LogP contribution is 2.22. The Labute approximate surface area is 107 Å². The number of hydrogen-bond donors (Lipinski definition) is 0. The Kier molecular flexibility index (Phi) is 6.48. The molecule has 0 aliphatic carbocycles. The molecule has 1 rings (SSSR count). The summed E-state index contributed by atoms with van der Waals surface area (Å²) in [4.78, 5) is 12.3. The van der Waals surface area contributed by atoms with Gasteiger partial charge in [-0.3, -0.25) is 0 Å². The van der Waals surface area contributed by atoms with Crippen LogP contribution in [0.25, 0.3) is 0 Å². The molecule has 3 heteroatoms. The van der Waals surface area contributed by atoms with E-state index in [0.717, 1.165) is 12.2 Å². The lowest BCUT2D eigenvalue weighted by Gasteiger charge is -2.06.